The van der Waals surface area contributed by atoms with Gasteiger partial charge >= 0.3 is 0 Å². The van der Waals surface area contributed by atoms with E-state index in [9.17, 15) is 5.11 Å². The summed E-state index contributed by atoms with van der Waals surface area (Å²) in [5, 5.41) is 13.8. The van der Waals surface area contributed by atoms with Crippen LogP contribution in [-0.4, -0.2) is 47.3 Å². The molecule has 2 aromatic carbocycles. The molecule has 7 rings (SSSR count). The van der Waals surface area contributed by atoms with Crippen LogP contribution in [0.2, 0.25) is 0 Å². The molecule has 31 heavy (non-hydrogen) atoms. The van der Waals surface area contributed by atoms with E-state index in [1.807, 2.05) is 12.1 Å². The zero-order chi connectivity index (χ0) is 21.1. The number of fused-ring (bicyclic) bond motifs is 3. The number of methoxy groups -OCH3 is 1. The fourth-order valence-corrected chi connectivity index (χ4v) is 7.22. The minimum absolute atomic E-state index is 0.0539. The summed E-state index contributed by atoms with van der Waals surface area (Å²) in [6, 6.07) is 12.5. The van der Waals surface area contributed by atoms with Crippen molar-refractivity contribution in [2.75, 3.05) is 20.7 Å². The number of hydrogen-bond acceptors (Lipinski definition) is 5. The summed E-state index contributed by atoms with van der Waals surface area (Å²) in [5.41, 5.74) is 5.40. The number of aryl methyl sites for hydroxylation is 1. The molecule has 3 heterocycles. The van der Waals surface area contributed by atoms with Gasteiger partial charge in [0, 0.05) is 23.4 Å². The topological polar surface area (TPSA) is 54.8 Å². The van der Waals surface area contributed by atoms with Crippen molar-refractivity contribution in [3.8, 4) is 11.5 Å². The molecule has 1 fully saturated rings. The second-order valence-electron chi connectivity index (χ2n) is 9.77. The summed E-state index contributed by atoms with van der Waals surface area (Å²) >= 11 is 0. The maximum absolute atomic E-state index is 12.6. The van der Waals surface area contributed by atoms with Gasteiger partial charge in [-0.25, -0.2) is 4.98 Å². The van der Waals surface area contributed by atoms with E-state index in [0.717, 1.165) is 53.0 Å². The molecule has 3 unspecified atom stereocenters. The molecule has 5 nitrogen and oxygen atoms in total. The summed E-state index contributed by atoms with van der Waals surface area (Å²) in [5.74, 6) is 1.56. The van der Waals surface area contributed by atoms with Crippen LogP contribution in [0.25, 0.3) is 10.9 Å². The molecule has 4 atom stereocenters. The third-order valence-electron chi connectivity index (χ3n) is 8.69. The van der Waals surface area contributed by atoms with Crippen molar-refractivity contribution < 1.29 is 14.6 Å². The monoisotopic (exact) mass is 414 g/mol. The highest BCUT2D eigenvalue weighted by atomic mass is 16.5. The molecule has 1 aromatic heterocycles. The van der Waals surface area contributed by atoms with Gasteiger partial charge in [0.05, 0.1) is 29.3 Å². The van der Waals surface area contributed by atoms with E-state index in [4.69, 9.17) is 14.5 Å². The molecule has 0 saturated carbocycles. The number of pyridine rings is 1. The van der Waals surface area contributed by atoms with Crippen LogP contribution in [0.15, 0.2) is 36.4 Å². The first-order valence-electron chi connectivity index (χ1n) is 11.2. The largest absolute Gasteiger partial charge is 0.493 e. The molecule has 2 bridgehead atoms. The van der Waals surface area contributed by atoms with Gasteiger partial charge in [0.1, 0.15) is 0 Å². The zero-order valence-electron chi connectivity index (χ0n) is 18.1. The van der Waals surface area contributed by atoms with E-state index in [0.29, 0.717) is 6.42 Å². The van der Waals surface area contributed by atoms with Crippen LogP contribution >= 0.6 is 0 Å². The van der Waals surface area contributed by atoms with E-state index >= 15 is 0 Å². The van der Waals surface area contributed by atoms with Gasteiger partial charge in [-0.3, -0.25) is 0 Å². The lowest BCUT2D eigenvalue weighted by Crippen LogP contribution is -2.74. The van der Waals surface area contributed by atoms with Crippen molar-refractivity contribution in [2.45, 2.75) is 49.3 Å². The van der Waals surface area contributed by atoms with Gasteiger partial charge in [0.25, 0.3) is 0 Å². The van der Waals surface area contributed by atoms with Gasteiger partial charge in [-0.1, -0.05) is 24.3 Å². The lowest BCUT2D eigenvalue weighted by molar-refractivity contribution is -0.168. The Morgan fingerprint density at radius 3 is 2.90 bits per heavy atom. The van der Waals surface area contributed by atoms with Gasteiger partial charge in [-0.15, -0.1) is 0 Å². The molecule has 2 aliphatic carbocycles. The van der Waals surface area contributed by atoms with Gasteiger partial charge in [-0.2, -0.15) is 0 Å². The molecule has 1 saturated heterocycles. The number of likely N-dealkylation sites (tertiary alicyclic amines) is 1. The Hall–Kier alpha value is -2.63. The van der Waals surface area contributed by atoms with Gasteiger partial charge in [-0.05, 0) is 62.2 Å². The number of nitrogens with zero attached hydrogens (tertiary/aromatic N) is 2. The summed E-state index contributed by atoms with van der Waals surface area (Å²) in [6.45, 7) is 3.10. The number of hydrogen-bond donors (Lipinski definition) is 1. The molecule has 2 aliphatic heterocycles. The van der Waals surface area contributed by atoms with Crippen molar-refractivity contribution in [3.63, 3.8) is 0 Å². The minimum Gasteiger partial charge on any atom is -0.493 e. The van der Waals surface area contributed by atoms with E-state index < -0.39 is 11.0 Å². The van der Waals surface area contributed by atoms with Crippen molar-refractivity contribution in [1.82, 2.24) is 9.88 Å². The fourth-order valence-electron chi connectivity index (χ4n) is 7.22. The average Bonchev–Trinajstić information content (AvgIpc) is 3.13. The highest BCUT2D eigenvalue weighted by Gasteiger charge is 2.72. The van der Waals surface area contributed by atoms with Crippen LogP contribution in [0.1, 0.15) is 40.5 Å². The molecule has 4 aliphatic rings. The third kappa shape index (κ3) is 1.86. The maximum atomic E-state index is 12.6. The SMILES string of the molecule is COc1ccc2c3c1OC1c4nc5ccccc5c(C)c4CC4(O)C(C2)N(C)CC[C@]314. The van der Waals surface area contributed by atoms with Gasteiger partial charge in [0.15, 0.2) is 17.6 Å². The molecule has 158 valence electrons. The second kappa shape index (κ2) is 5.59. The number of benzene rings is 2. The van der Waals surface area contributed by atoms with Crippen LogP contribution in [0.3, 0.4) is 0 Å². The van der Waals surface area contributed by atoms with Gasteiger partial charge < -0.3 is 19.5 Å². The summed E-state index contributed by atoms with van der Waals surface area (Å²) in [4.78, 5) is 7.50. The molecule has 1 N–H and O–H groups in total. The van der Waals surface area contributed by atoms with Crippen molar-refractivity contribution in [2.24, 2.45) is 0 Å². The number of ether oxygens (including phenoxy) is 2. The molecule has 0 radical (unpaired) electrons. The van der Waals surface area contributed by atoms with Crippen LogP contribution in [0.4, 0.5) is 0 Å². The number of aromatic nitrogens is 1. The van der Waals surface area contributed by atoms with E-state index in [1.165, 1.54) is 16.7 Å². The third-order valence-corrected chi connectivity index (χ3v) is 8.69. The van der Waals surface area contributed by atoms with E-state index in [-0.39, 0.29) is 12.1 Å². The second-order valence-corrected chi connectivity index (χ2v) is 9.77. The fraction of sp³-hybridized carbons (Fsp3) is 0.423. The molecule has 1 spiro atoms. The van der Waals surface area contributed by atoms with Crippen LogP contribution in [-0.2, 0) is 18.3 Å². The zero-order valence-corrected chi connectivity index (χ0v) is 18.1. The van der Waals surface area contributed by atoms with Crippen molar-refractivity contribution >= 4 is 10.9 Å². The standard InChI is InChI=1S/C26H26N2O3/c1-14-16-6-4-5-7-18(16)27-22-17(14)13-26(29)20-12-15-8-9-19(30-3)23-21(15)25(26,24(22)31-23)10-11-28(20)2/h4-9,20,24,29H,10-13H2,1-3H3/t20?,24?,25-,26?/m0/s1. The Bertz CT molecular complexity index is 1290. The van der Waals surface area contributed by atoms with Gasteiger partial charge in [0.2, 0.25) is 0 Å². The van der Waals surface area contributed by atoms with Crippen molar-refractivity contribution in [1.29, 1.82) is 0 Å². The average molecular weight is 415 g/mol. The summed E-state index contributed by atoms with van der Waals surface area (Å²) in [7, 11) is 3.84. The highest BCUT2D eigenvalue weighted by molar-refractivity contribution is 5.84. The van der Waals surface area contributed by atoms with E-state index in [2.05, 4.69) is 43.1 Å². The first-order valence-corrected chi connectivity index (χ1v) is 11.2. The molecular formula is C26H26N2O3. The van der Waals surface area contributed by atoms with E-state index in [1.54, 1.807) is 7.11 Å². The normalized spacial score (nSPS) is 32.4. The lowest BCUT2D eigenvalue weighted by Gasteiger charge is -2.62. The van der Waals surface area contributed by atoms with Crippen LogP contribution < -0.4 is 9.47 Å². The van der Waals surface area contributed by atoms with Crippen LogP contribution in [0, 0.1) is 6.92 Å². The Balaban J connectivity index is 1.60. The first kappa shape index (κ1) is 18.0. The summed E-state index contributed by atoms with van der Waals surface area (Å²) < 4.78 is 12.5. The van der Waals surface area contributed by atoms with Crippen LogP contribution in [0.5, 0.6) is 11.5 Å². The predicted molar refractivity (Wildman–Crippen MR) is 118 cm³/mol. The first-order chi connectivity index (χ1) is 15.0. The Morgan fingerprint density at radius 2 is 2.06 bits per heavy atom. The minimum atomic E-state index is -0.906. The number of aliphatic hydroxyl groups is 1. The van der Waals surface area contributed by atoms with Crippen molar-refractivity contribution in [3.05, 3.63) is 64.3 Å². The number of para-hydroxylation sites is 1. The molecule has 5 heteroatoms. The Kier molecular flexibility index (Phi) is 3.24. The quantitative estimate of drug-likeness (QED) is 0.661. The lowest BCUT2D eigenvalue weighted by atomic mass is 9.48. The highest BCUT2D eigenvalue weighted by Crippen LogP contribution is 2.68. The Morgan fingerprint density at radius 1 is 1.23 bits per heavy atom. The molecule has 0 amide bonds. The molecular weight excluding hydrogens is 388 g/mol. The maximum Gasteiger partial charge on any atom is 0.166 e. The Labute approximate surface area is 181 Å². The number of likely N-dealkylation sites (N-methyl/N-ethyl adjacent to an activating group) is 1. The molecule has 3 aromatic rings. The number of rotatable bonds is 1. The summed E-state index contributed by atoms with van der Waals surface area (Å²) in [6.07, 6.45) is 1.98. The smallest absolute Gasteiger partial charge is 0.166 e. The number of piperidine rings is 1. The predicted octanol–water partition coefficient (Wildman–Crippen LogP) is 3.47.